The standard InChI is InChI=1S/C11H19NO2/c13-8-10-6-1-2-7-12(10)11(14)9-4-3-5-9/h9-10,13H,1-8H2. The summed E-state index contributed by atoms with van der Waals surface area (Å²) in [6.07, 6.45) is 6.57. The Balaban J connectivity index is 1.95. The van der Waals surface area contributed by atoms with Gasteiger partial charge in [0.25, 0.3) is 0 Å². The first-order chi connectivity index (χ1) is 6.83. The van der Waals surface area contributed by atoms with Crippen LogP contribution in [0.5, 0.6) is 0 Å². The van der Waals surface area contributed by atoms with E-state index in [1.54, 1.807) is 0 Å². The summed E-state index contributed by atoms with van der Waals surface area (Å²) in [6, 6.07) is 0.108. The van der Waals surface area contributed by atoms with E-state index in [9.17, 15) is 9.90 Å². The lowest BCUT2D eigenvalue weighted by atomic mass is 9.83. The quantitative estimate of drug-likeness (QED) is 0.721. The molecule has 1 saturated carbocycles. The highest BCUT2D eigenvalue weighted by molar-refractivity contribution is 5.80. The number of likely N-dealkylation sites (tertiary alicyclic amines) is 1. The van der Waals surface area contributed by atoms with Gasteiger partial charge < -0.3 is 10.0 Å². The molecule has 14 heavy (non-hydrogen) atoms. The first-order valence-corrected chi connectivity index (χ1v) is 5.74. The van der Waals surface area contributed by atoms with E-state index in [0.717, 1.165) is 38.6 Å². The number of nitrogens with zero attached hydrogens (tertiary/aromatic N) is 1. The maximum Gasteiger partial charge on any atom is 0.226 e. The zero-order valence-corrected chi connectivity index (χ0v) is 8.61. The lowest BCUT2D eigenvalue weighted by Crippen LogP contribution is -2.49. The molecule has 1 aliphatic carbocycles. The molecule has 0 bridgehead atoms. The summed E-state index contributed by atoms with van der Waals surface area (Å²) in [5.41, 5.74) is 0. The van der Waals surface area contributed by atoms with Gasteiger partial charge in [0.2, 0.25) is 5.91 Å². The van der Waals surface area contributed by atoms with Crippen molar-refractivity contribution in [2.75, 3.05) is 13.2 Å². The molecule has 0 spiro atoms. The molecule has 2 rings (SSSR count). The van der Waals surface area contributed by atoms with Crippen molar-refractivity contribution in [2.24, 2.45) is 5.92 Å². The zero-order chi connectivity index (χ0) is 9.97. The van der Waals surface area contributed by atoms with Crippen LogP contribution in [-0.4, -0.2) is 35.1 Å². The van der Waals surface area contributed by atoms with Crippen molar-refractivity contribution >= 4 is 5.91 Å². The smallest absolute Gasteiger partial charge is 0.226 e. The van der Waals surface area contributed by atoms with E-state index in [2.05, 4.69) is 0 Å². The van der Waals surface area contributed by atoms with Gasteiger partial charge in [0.1, 0.15) is 0 Å². The largest absolute Gasteiger partial charge is 0.394 e. The molecule has 80 valence electrons. The first-order valence-electron chi connectivity index (χ1n) is 5.74. The first kappa shape index (κ1) is 9.97. The van der Waals surface area contributed by atoms with Crippen molar-refractivity contribution in [3.05, 3.63) is 0 Å². The number of amides is 1. The Labute approximate surface area is 85.1 Å². The number of rotatable bonds is 2. The number of aliphatic hydroxyl groups excluding tert-OH is 1. The van der Waals surface area contributed by atoms with Crippen molar-refractivity contribution < 1.29 is 9.90 Å². The molecule has 3 nitrogen and oxygen atoms in total. The monoisotopic (exact) mass is 197 g/mol. The van der Waals surface area contributed by atoms with Crippen LogP contribution in [0, 0.1) is 5.92 Å². The molecular weight excluding hydrogens is 178 g/mol. The molecular formula is C11H19NO2. The van der Waals surface area contributed by atoms with Gasteiger partial charge in [-0.05, 0) is 32.1 Å². The number of hydrogen-bond acceptors (Lipinski definition) is 2. The van der Waals surface area contributed by atoms with E-state index < -0.39 is 0 Å². The predicted octanol–water partition coefficient (Wildman–Crippen LogP) is 1.16. The molecule has 0 aromatic rings. The Morgan fingerprint density at radius 2 is 2.00 bits per heavy atom. The van der Waals surface area contributed by atoms with Gasteiger partial charge in [-0.1, -0.05) is 6.42 Å². The van der Waals surface area contributed by atoms with Crippen molar-refractivity contribution in [1.29, 1.82) is 0 Å². The van der Waals surface area contributed by atoms with E-state index in [1.807, 2.05) is 4.90 Å². The third-order valence-corrected chi connectivity index (χ3v) is 3.58. The van der Waals surface area contributed by atoms with Crippen LogP contribution in [0.1, 0.15) is 38.5 Å². The second kappa shape index (κ2) is 4.30. The fourth-order valence-electron chi connectivity index (χ4n) is 2.37. The Kier molecular flexibility index (Phi) is 3.06. The van der Waals surface area contributed by atoms with Gasteiger partial charge in [0.15, 0.2) is 0 Å². The topological polar surface area (TPSA) is 40.5 Å². The highest BCUT2D eigenvalue weighted by atomic mass is 16.3. The summed E-state index contributed by atoms with van der Waals surface area (Å²) < 4.78 is 0. The normalized spacial score (nSPS) is 28.6. The lowest BCUT2D eigenvalue weighted by molar-refractivity contribution is -0.143. The molecule has 1 aliphatic heterocycles. The molecule has 1 amide bonds. The third-order valence-electron chi connectivity index (χ3n) is 3.58. The minimum atomic E-state index is 0.108. The summed E-state index contributed by atoms with van der Waals surface area (Å²) in [4.78, 5) is 13.9. The zero-order valence-electron chi connectivity index (χ0n) is 8.61. The van der Waals surface area contributed by atoms with Gasteiger partial charge in [0, 0.05) is 12.5 Å². The Hall–Kier alpha value is -0.570. The molecule has 1 saturated heterocycles. The van der Waals surface area contributed by atoms with Gasteiger partial charge in [0.05, 0.1) is 12.6 Å². The van der Waals surface area contributed by atoms with E-state index in [-0.39, 0.29) is 18.6 Å². The third kappa shape index (κ3) is 1.78. The molecule has 1 unspecified atom stereocenters. The number of aliphatic hydroxyl groups is 1. The summed E-state index contributed by atoms with van der Waals surface area (Å²) in [5.74, 6) is 0.581. The van der Waals surface area contributed by atoms with E-state index in [4.69, 9.17) is 0 Å². The molecule has 2 fully saturated rings. The highest BCUT2D eigenvalue weighted by Crippen LogP contribution is 2.30. The van der Waals surface area contributed by atoms with Crippen LogP contribution in [0.2, 0.25) is 0 Å². The van der Waals surface area contributed by atoms with Crippen LogP contribution in [0.15, 0.2) is 0 Å². The van der Waals surface area contributed by atoms with Gasteiger partial charge in [-0.15, -0.1) is 0 Å². The van der Waals surface area contributed by atoms with Crippen molar-refractivity contribution in [3.8, 4) is 0 Å². The second-order valence-electron chi connectivity index (χ2n) is 4.49. The minimum absolute atomic E-state index is 0.108. The Morgan fingerprint density at radius 1 is 1.21 bits per heavy atom. The Morgan fingerprint density at radius 3 is 2.57 bits per heavy atom. The van der Waals surface area contributed by atoms with Crippen molar-refractivity contribution in [1.82, 2.24) is 4.90 Å². The van der Waals surface area contributed by atoms with Crippen LogP contribution in [-0.2, 0) is 4.79 Å². The van der Waals surface area contributed by atoms with Crippen LogP contribution in [0.25, 0.3) is 0 Å². The number of hydrogen-bond donors (Lipinski definition) is 1. The number of carbonyl (C=O) groups is 1. The molecule has 0 aromatic carbocycles. The summed E-state index contributed by atoms with van der Waals surface area (Å²) in [6.45, 7) is 0.999. The van der Waals surface area contributed by atoms with E-state index >= 15 is 0 Å². The number of piperidine rings is 1. The fraction of sp³-hybridized carbons (Fsp3) is 0.909. The highest BCUT2D eigenvalue weighted by Gasteiger charge is 2.33. The van der Waals surface area contributed by atoms with Gasteiger partial charge in [-0.3, -0.25) is 4.79 Å². The number of carbonyl (C=O) groups excluding carboxylic acids is 1. The summed E-state index contributed by atoms with van der Waals surface area (Å²) >= 11 is 0. The minimum Gasteiger partial charge on any atom is -0.394 e. The molecule has 3 heteroatoms. The Bertz CT molecular complexity index is 213. The molecule has 0 aromatic heterocycles. The maximum absolute atomic E-state index is 12.0. The van der Waals surface area contributed by atoms with Crippen LogP contribution >= 0.6 is 0 Å². The van der Waals surface area contributed by atoms with E-state index in [1.165, 1.54) is 6.42 Å². The average Bonchev–Trinajstić information content (AvgIpc) is 2.15. The summed E-state index contributed by atoms with van der Waals surface area (Å²) in [5, 5.41) is 9.19. The second-order valence-corrected chi connectivity index (χ2v) is 4.49. The van der Waals surface area contributed by atoms with Gasteiger partial charge in [-0.2, -0.15) is 0 Å². The molecule has 1 heterocycles. The van der Waals surface area contributed by atoms with Gasteiger partial charge >= 0.3 is 0 Å². The SMILES string of the molecule is O=C(C1CCC1)N1CCCCC1CO. The lowest BCUT2D eigenvalue weighted by Gasteiger charge is -2.39. The van der Waals surface area contributed by atoms with Crippen molar-refractivity contribution in [3.63, 3.8) is 0 Å². The average molecular weight is 197 g/mol. The summed E-state index contributed by atoms with van der Waals surface area (Å²) in [7, 11) is 0. The van der Waals surface area contributed by atoms with Crippen LogP contribution in [0.3, 0.4) is 0 Å². The van der Waals surface area contributed by atoms with Crippen LogP contribution < -0.4 is 0 Å². The molecule has 1 N–H and O–H groups in total. The van der Waals surface area contributed by atoms with E-state index in [0.29, 0.717) is 5.91 Å². The maximum atomic E-state index is 12.0. The van der Waals surface area contributed by atoms with Crippen LogP contribution in [0.4, 0.5) is 0 Å². The molecule has 2 aliphatic rings. The predicted molar refractivity (Wildman–Crippen MR) is 53.8 cm³/mol. The molecule has 0 radical (unpaired) electrons. The van der Waals surface area contributed by atoms with Crippen molar-refractivity contribution in [2.45, 2.75) is 44.6 Å². The fourth-order valence-corrected chi connectivity index (χ4v) is 2.37. The van der Waals surface area contributed by atoms with Gasteiger partial charge in [-0.25, -0.2) is 0 Å². The molecule has 1 atom stereocenters.